The first kappa shape index (κ1) is 17.0. The molecule has 0 bridgehead atoms. The van der Waals surface area contributed by atoms with Crippen LogP contribution in [-0.4, -0.2) is 34.3 Å². The van der Waals surface area contributed by atoms with E-state index in [1.54, 1.807) is 19.2 Å². The fraction of sp³-hybridized carbons (Fsp3) is 0.235. The van der Waals surface area contributed by atoms with Gasteiger partial charge in [-0.1, -0.05) is 16.8 Å². The monoisotopic (exact) mass is 358 g/mol. The number of nitrogens with zero attached hydrogens (tertiary/aromatic N) is 4. The van der Waals surface area contributed by atoms with Gasteiger partial charge in [0, 0.05) is 43.1 Å². The summed E-state index contributed by atoms with van der Waals surface area (Å²) in [5.74, 6) is 1.70. The molecule has 3 rings (SSSR count). The van der Waals surface area contributed by atoms with Gasteiger partial charge in [0.1, 0.15) is 0 Å². The first-order valence-corrected chi connectivity index (χ1v) is 8.26. The van der Waals surface area contributed by atoms with Crippen LogP contribution in [-0.2, 0) is 13.1 Å². The number of aromatic nitrogens is 3. The van der Waals surface area contributed by atoms with Crippen molar-refractivity contribution < 1.29 is 4.52 Å². The largest absolute Gasteiger partial charge is 0.355 e. The fourth-order valence-corrected chi connectivity index (χ4v) is 2.37. The van der Waals surface area contributed by atoms with Crippen molar-refractivity contribution in [3.05, 3.63) is 59.7 Å². The van der Waals surface area contributed by atoms with Crippen LogP contribution >= 0.6 is 11.6 Å². The summed E-state index contributed by atoms with van der Waals surface area (Å²) >= 11 is 5.88. The molecule has 0 saturated heterocycles. The van der Waals surface area contributed by atoms with Gasteiger partial charge in [0.2, 0.25) is 11.7 Å². The highest BCUT2D eigenvalue weighted by atomic mass is 35.5. The summed E-state index contributed by atoms with van der Waals surface area (Å²) in [6.07, 6.45) is 4.04. The zero-order chi connectivity index (χ0) is 17.5. The molecule has 2 heterocycles. The molecule has 2 aromatic heterocycles. The van der Waals surface area contributed by atoms with Crippen molar-refractivity contribution in [2.75, 3.05) is 13.6 Å². The summed E-state index contributed by atoms with van der Waals surface area (Å²) < 4.78 is 7.36. The van der Waals surface area contributed by atoms with Crippen molar-refractivity contribution in [2.24, 2.45) is 4.99 Å². The van der Waals surface area contributed by atoms with E-state index in [1.807, 2.05) is 36.7 Å². The molecule has 2 N–H and O–H groups in total. The third-order valence-electron chi connectivity index (χ3n) is 3.53. The van der Waals surface area contributed by atoms with E-state index in [9.17, 15) is 0 Å². The maximum Gasteiger partial charge on any atom is 0.246 e. The highest BCUT2D eigenvalue weighted by Crippen LogP contribution is 2.18. The van der Waals surface area contributed by atoms with Crippen LogP contribution in [0.2, 0.25) is 5.02 Å². The molecule has 0 amide bonds. The second-order valence-corrected chi connectivity index (χ2v) is 5.73. The van der Waals surface area contributed by atoms with Gasteiger partial charge in [-0.05, 0) is 36.4 Å². The number of hydrogen-bond acceptors (Lipinski definition) is 4. The van der Waals surface area contributed by atoms with Crippen LogP contribution in [0.5, 0.6) is 0 Å². The van der Waals surface area contributed by atoms with Crippen molar-refractivity contribution in [3.8, 4) is 11.4 Å². The Morgan fingerprint density at radius 3 is 2.68 bits per heavy atom. The van der Waals surface area contributed by atoms with E-state index in [4.69, 9.17) is 16.1 Å². The van der Waals surface area contributed by atoms with Crippen molar-refractivity contribution >= 4 is 17.6 Å². The van der Waals surface area contributed by atoms with Gasteiger partial charge in [0.05, 0.1) is 6.54 Å². The standard InChI is InChI=1S/C17H19ClN6O/c1-19-17(20-8-11-24-9-2-3-10-24)21-12-15-22-16(23-25-15)13-4-6-14(18)7-5-13/h2-7,9-10H,8,11-12H2,1H3,(H2,19,20,21). The molecule has 0 atom stereocenters. The Bertz CT molecular complexity index is 810. The highest BCUT2D eigenvalue weighted by molar-refractivity contribution is 6.30. The number of benzene rings is 1. The fourth-order valence-electron chi connectivity index (χ4n) is 2.25. The van der Waals surface area contributed by atoms with Gasteiger partial charge < -0.3 is 19.7 Å². The summed E-state index contributed by atoms with van der Waals surface area (Å²) in [7, 11) is 1.72. The second kappa shape index (κ2) is 8.34. The van der Waals surface area contributed by atoms with E-state index in [0.717, 1.165) is 18.7 Å². The zero-order valence-electron chi connectivity index (χ0n) is 13.8. The number of hydrogen-bond donors (Lipinski definition) is 2. The number of aliphatic imine (C=N–C) groups is 1. The second-order valence-electron chi connectivity index (χ2n) is 5.29. The average molecular weight is 359 g/mol. The van der Waals surface area contributed by atoms with Gasteiger partial charge >= 0.3 is 0 Å². The molecule has 130 valence electrons. The summed E-state index contributed by atoms with van der Waals surface area (Å²) in [6.45, 7) is 2.01. The Morgan fingerprint density at radius 1 is 1.20 bits per heavy atom. The van der Waals surface area contributed by atoms with E-state index >= 15 is 0 Å². The topological polar surface area (TPSA) is 80.3 Å². The molecule has 0 radical (unpaired) electrons. The third kappa shape index (κ3) is 4.84. The predicted octanol–water partition coefficient (Wildman–Crippen LogP) is 2.56. The van der Waals surface area contributed by atoms with Gasteiger partial charge in [0.25, 0.3) is 0 Å². The van der Waals surface area contributed by atoms with Gasteiger partial charge in [-0.3, -0.25) is 4.99 Å². The summed E-state index contributed by atoms with van der Waals surface area (Å²) in [5.41, 5.74) is 0.855. The van der Waals surface area contributed by atoms with E-state index in [-0.39, 0.29) is 0 Å². The quantitative estimate of drug-likeness (QED) is 0.523. The molecular weight excluding hydrogens is 340 g/mol. The molecule has 0 aliphatic rings. The Morgan fingerprint density at radius 2 is 1.96 bits per heavy atom. The minimum atomic E-state index is 0.393. The van der Waals surface area contributed by atoms with E-state index in [0.29, 0.717) is 29.2 Å². The van der Waals surface area contributed by atoms with Gasteiger partial charge in [-0.2, -0.15) is 4.98 Å². The molecule has 8 heteroatoms. The minimum Gasteiger partial charge on any atom is -0.355 e. The van der Waals surface area contributed by atoms with Crippen molar-refractivity contribution in [1.29, 1.82) is 0 Å². The van der Waals surface area contributed by atoms with Crippen LogP contribution in [0.1, 0.15) is 5.89 Å². The molecule has 0 saturated carbocycles. The Labute approximate surface area is 150 Å². The molecule has 0 fully saturated rings. The SMILES string of the molecule is CN=C(NCCn1cccc1)NCc1nc(-c2ccc(Cl)cc2)no1. The van der Waals surface area contributed by atoms with Gasteiger partial charge in [-0.15, -0.1) is 0 Å². The molecule has 0 unspecified atom stereocenters. The molecule has 7 nitrogen and oxygen atoms in total. The van der Waals surface area contributed by atoms with Crippen molar-refractivity contribution in [2.45, 2.75) is 13.1 Å². The first-order valence-electron chi connectivity index (χ1n) is 7.88. The molecule has 3 aromatic rings. The van der Waals surface area contributed by atoms with Crippen LogP contribution in [0, 0.1) is 0 Å². The Hall–Kier alpha value is -2.80. The lowest BCUT2D eigenvalue weighted by atomic mass is 10.2. The molecule has 0 aliphatic carbocycles. The zero-order valence-corrected chi connectivity index (χ0v) is 14.6. The Kier molecular flexibility index (Phi) is 5.69. The maximum absolute atomic E-state index is 5.88. The molecule has 0 spiro atoms. The normalized spacial score (nSPS) is 11.5. The van der Waals surface area contributed by atoms with Crippen LogP contribution in [0.15, 0.2) is 58.3 Å². The van der Waals surface area contributed by atoms with Gasteiger partial charge in [0.15, 0.2) is 5.96 Å². The lowest BCUT2D eigenvalue weighted by Crippen LogP contribution is -2.38. The van der Waals surface area contributed by atoms with Crippen molar-refractivity contribution in [3.63, 3.8) is 0 Å². The van der Waals surface area contributed by atoms with Gasteiger partial charge in [-0.25, -0.2) is 0 Å². The first-order chi connectivity index (χ1) is 12.2. The van der Waals surface area contributed by atoms with Crippen LogP contribution in [0.25, 0.3) is 11.4 Å². The molecular formula is C17H19ClN6O. The summed E-state index contributed by atoms with van der Waals surface area (Å²) in [6, 6.07) is 11.3. The molecule has 1 aromatic carbocycles. The lowest BCUT2D eigenvalue weighted by molar-refractivity contribution is 0.375. The molecule has 25 heavy (non-hydrogen) atoms. The van der Waals surface area contributed by atoms with E-state index in [2.05, 4.69) is 30.3 Å². The van der Waals surface area contributed by atoms with Crippen molar-refractivity contribution in [1.82, 2.24) is 25.3 Å². The summed E-state index contributed by atoms with van der Waals surface area (Å²) in [5, 5.41) is 11.0. The molecule has 0 aliphatic heterocycles. The van der Waals surface area contributed by atoms with E-state index in [1.165, 1.54) is 0 Å². The minimum absolute atomic E-state index is 0.393. The average Bonchev–Trinajstić information content (AvgIpc) is 3.30. The van der Waals surface area contributed by atoms with E-state index < -0.39 is 0 Å². The Balaban J connectivity index is 1.49. The smallest absolute Gasteiger partial charge is 0.246 e. The van der Waals surface area contributed by atoms with Crippen LogP contribution in [0.4, 0.5) is 0 Å². The lowest BCUT2D eigenvalue weighted by Gasteiger charge is -2.10. The number of nitrogens with one attached hydrogen (secondary N) is 2. The number of halogens is 1. The maximum atomic E-state index is 5.88. The van der Waals surface area contributed by atoms with Crippen LogP contribution in [0.3, 0.4) is 0 Å². The number of rotatable bonds is 6. The predicted molar refractivity (Wildman–Crippen MR) is 97.4 cm³/mol. The summed E-state index contributed by atoms with van der Waals surface area (Å²) in [4.78, 5) is 8.54. The van der Waals surface area contributed by atoms with Crippen LogP contribution < -0.4 is 10.6 Å². The highest BCUT2D eigenvalue weighted by Gasteiger charge is 2.09. The third-order valence-corrected chi connectivity index (χ3v) is 3.78. The number of guanidine groups is 1.